The summed E-state index contributed by atoms with van der Waals surface area (Å²) < 4.78 is 24.0. The molecule has 1 N–H and O–H groups in total. The summed E-state index contributed by atoms with van der Waals surface area (Å²) in [5.74, 6) is 0. The maximum atomic E-state index is 12.0. The Balaban J connectivity index is 2.23. The van der Waals surface area contributed by atoms with Crippen LogP contribution in [0.25, 0.3) is 22.5 Å². The van der Waals surface area contributed by atoms with E-state index in [0.717, 1.165) is 22.5 Å². The number of hydrogen-bond donors (Lipinski definition) is 1. The van der Waals surface area contributed by atoms with Crippen LogP contribution in [0.2, 0.25) is 0 Å². The van der Waals surface area contributed by atoms with E-state index in [1.807, 2.05) is 37.3 Å². The molecule has 112 valence electrons. The fourth-order valence-corrected chi connectivity index (χ4v) is 3.39. The van der Waals surface area contributed by atoms with E-state index in [9.17, 15) is 8.42 Å². The highest BCUT2D eigenvalue weighted by molar-refractivity contribution is 7.90. The van der Waals surface area contributed by atoms with Gasteiger partial charge in [-0.1, -0.05) is 18.2 Å². The Morgan fingerprint density at radius 3 is 2.55 bits per heavy atom. The average Bonchev–Trinajstić information content (AvgIpc) is 2.95. The van der Waals surface area contributed by atoms with E-state index < -0.39 is 9.84 Å². The van der Waals surface area contributed by atoms with Crippen LogP contribution in [0.3, 0.4) is 0 Å². The minimum absolute atomic E-state index is 0.323. The number of hydrogen-bond acceptors (Lipinski definition) is 3. The van der Waals surface area contributed by atoms with Crippen molar-refractivity contribution in [2.24, 2.45) is 0 Å². The Kier molecular flexibility index (Phi) is 3.58. The summed E-state index contributed by atoms with van der Waals surface area (Å²) in [5.41, 5.74) is 4.23. The fourth-order valence-electron chi connectivity index (χ4n) is 2.49. The summed E-state index contributed by atoms with van der Waals surface area (Å²) in [6, 6.07) is 12.8. The minimum Gasteiger partial charge on any atom is -0.359 e. The van der Waals surface area contributed by atoms with Gasteiger partial charge < -0.3 is 4.98 Å². The number of aromatic amines is 1. The quantitative estimate of drug-likeness (QED) is 0.805. The minimum atomic E-state index is -3.30. The molecule has 3 rings (SSSR count). The lowest BCUT2D eigenvalue weighted by molar-refractivity contribution is 0.602. The van der Waals surface area contributed by atoms with Gasteiger partial charge in [0.2, 0.25) is 0 Å². The second kappa shape index (κ2) is 5.42. The fraction of sp³-hybridized carbons (Fsp3) is 0.118. The Hall–Kier alpha value is -2.40. The van der Waals surface area contributed by atoms with E-state index in [0.29, 0.717) is 10.5 Å². The van der Waals surface area contributed by atoms with Crippen LogP contribution in [0, 0.1) is 6.92 Å². The first kappa shape index (κ1) is 14.5. The van der Waals surface area contributed by atoms with Gasteiger partial charge in [-0.15, -0.1) is 0 Å². The van der Waals surface area contributed by atoms with Gasteiger partial charge in [0.05, 0.1) is 16.3 Å². The molecule has 0 aliphatic heterocycles. The van der Waals surface area contributed by atoms with E-state index >= 15 is 0 Å². The molecule has 0 saturated heterocycles. The van der Waals surface area contributed by atoms with Crippen molar-refractivity contribution < 1.29 is 8.42 Å². The van der Waals surface area contributed by atoms with Gasteiger partial charge in [-0.05, 0) is 36.8 Å². The maximum Gasteiger partial charge on any atom is 0.176 e. The summed E-state index contributed by atoms with van der Waals surface area (Å²) in [6.45, 7) is 2.00. The van der Waals surface area contributed by atoms with Crippen molar-refractivity contribution in [1.29, 1.82) is 0 Å². The summed E-state index contributed by atoms with van der Waals surface area (Å²) in [5, 5.41) is 0. The molecule has 1 aromatic carbocycles. The van der Waals surface area contributed by atoms with Crippen molar-refractivity contribution in [3.63, 3.8) is 0 Å². The highest BCUT2D eigenvalue weighted by Gasteiger charge is 2.18. The lowest BCUT2D eigenvalue weighted by atomic mass is 10.0. The summed E-state index contributed by atoms with van der Waals surface area (Å²) >= 11 is 0. The molecule has 0 spiro atoms. The molecule has 2 heterocycles. The molecule has 0 aliphatic rings. The molecule has 0 unspecified atom stereocenters. The molecule has 0 saturated carbocycles. The first-order valence-corrected chi connectivity index (χ1v) is 8.76. The van der Waals surface area contributed by atoms with Crippen LogP contribution in [0.15, 0.2) is 59.8 Å². The highest BCUT2D eigenvalue weighted by atomic mass is 32.2. The largest absolute Gasteiger partial charge is 0.359 e. The number of aromatic nitrogens is 2. The predicted molar refractivity (Wildman–Crippen MR) is 87.3 cm³/mol. The smallest absolute Gasteiger partial charge is 0.176 e. The van der Waals surface area contributed by atoms with E-state index in [4.69, 9.17) is 0 Å². The first-order chi connectivity index (χ1) is 10.5. The molecule has 0 aliphatic carbocycles. The normalized spacial score (nSPS) is 11.5. The lowest BCUT2D eigenvalue weighted by Gasteiger charge is -2.09. The van der Waals surface area contributed by atoms with Gasteiger partial charge in [-0.2, -0.15) is 0 Å². The molecule has 0 fully saturated rings. The van der Waals surface area contributed by atoms with E-state index in [1.165, 1.54) is 6.26 Å². The summed E-state index contributed by atoms with van der Waals surface area (Å²) in [6.07, 6.45) is 4.77. The average molecular weight is 312 g/mol. The zero-order valence-electron chi connectivity index (χ0n) is 12.4. The number of sulfone groups is 1. The van der Waals surface area contributed by atoms with Crippen LogP contribution in [0.1, 0.15) is 5.56 Å². The number of aryl methyl sites for hydroxylation is 1. The molecule has 0 amide bonds. The van der Waals surface area contributed by atoms with Gasteiger partial charge in [0.25, 0.3) is 0 Å². The molecule has 22 heavy (non-hydrogen) atoms. The molecule has 5 heteroatoms. The third-order valence-electron chi connectivity index (χ3n) is 3.50. The number of rotatable bonds is 3. The number of H-pyrrole nitrogens is 1. The van der Waals surface area contributed by atoms with Crippen LogP contribution in [-0.4, -0.2) is 24.6 Å². The van der Waals surface area contributed by atoms with Gasteiger partial charge in [0.15, 0.2) is 9.84 Å². The first-order valence-electron chi connectivity index (χ1n) is 6.86. The number of benzene rings is 1. The van der Waals surface area contributed by atoms with Crippen LogP contribution >= 0.6 is 0 Å². The van der Waals surface area contributed by atoms with Gasteiger partial charge in [-0.25, -0.2) is 8.42 Å². The zero-order valence-corrected chi connectivity index (χ0v) is 13.2. The number of nitrogens with one attached hydrogen (secondary N) is 1. The third kappa shape index (κ3) is 2.67. The van der Waals surface area contributed by atoms with Gasteiger partial charge in [0.1, 0.15) is 0 Å². The van der Waals surface area contributed by atoms with Crippen molar-refractivity contribution in [2.45, 2.75) is 11.8 Å². The molecule has 0 bridgehead atoms. The number of nitrogens with zero attached hydrogens (tertiary/aromatic N) is 1. The summed E-state index contributed by atoms with van der Waals surface area (Å²) in [4.78, 5) is 7.87. The van der Waals surface area contributed by atoms with Crippen LogP contribution in [-0.2, 0) is 9.84 Å². The molecule has 0 radical (unpaired) electrons. The van der Waals surface area contributed by atoms with Gasteiger partial charge in [-0.3, -0.25) is 4.98 Å². The van der Waals surface area contributed by atoms with Crippen molar-refractivity contribution in [3.05, 3.63) is 60.4 Å². The molecule has 0 atom stereocenters. The zero-order chi connectivity index (χ0) is 15.7. The van der Waals surface area contributed by atoms with Crippen LogP contribution in [0.4, 0.5) is 0 Å². The van der Waals surface area contributed by atoms with Gasteiger partial charge >= 0.3 is 0 Å². The SMILES string of the molecule is Cc1ccnc(-c2[nH]ccc2-c2ccccc2S(C)(=O)=O)c1. The monoisotopic (exact) mass is 312 g/mol. The van der Waals surface area contributed by atoms with Crippen LogP contribution in [0.5, 0.6) is 0 Å². The second-order valence-corrected chi connectivity index (χ2v) is 7.24. The Morgan fingerprint density at radius 2 is 1.82 bits per heavy atom. The van der Waals surface area contributed by atoms with Crippen molar-refractivity contribution in [1.82, 2.24) is 9.97 Å². The topological polar surface area (TPSA) is 62.8 Å². The number of pyridine rings is 1. The predicted octanol–water partition coefficient (Wildman–Crippen LogP) is 3.46. The third-order valence-corrected chi connectivity index (χ3v) is 4.65. The molecular weight excluding hydrogens is 296 g/mol. The van der Waals surface area contributed by atoms with E-state index in [-0.39, 0.29) is 0 Å². The van der Waals surface area contributed by atoms with E-state index in [2.05, 4.69) is 9.97 Å². The van der Waals surface area contributed by atoms with Crippen molar-refractivity contribution in [2.75, 3.05) is 6.26 Å². The Bertz CT molecular complexity index is 927. The van der Waals surface area contributed by atoms with Gasteiger partial charge in [0, 0.05) is 29.8 Å². The lowest BCUT2D eigenvalue weighted by Crippen LogP contribution is -2.00. The molecular formula is C17H16N2O2S. The highest BCUT2D eigenvalue weighted by Crippen LogP contribution is 2.34. The molecule has 2 aromatic heterocycles. The van der Waals surface area contributed by atoms with E-state index in [1.54, 1.807) is 24.5 Å². The molecule has 4 nitrogen and oxygen atoms in total. The maximum absolute atomic E-state index is 12.0. The Labute approximate surface area is 129 Å². The van der Waals surface area contributed by atoms with Crippen molar-refractivity contribution in [3.8, 4) is 22.5 Å². The second-order valence-electron chi connectivity index (χ2n) is 5.25. The molecule has 3 aromatic rings. The summed E-state index contributed by atoms with van der Waals surface area (Å²) in [7, 11) is -3.30. The standard InChI is InChI=1S/C17H16N2O2S/c1-12-7-9-18-15(11-12)17-14(8-10-19-17)13-5-3-4-6-16(13)22(2,20)21/h3-11,19H,1-2H3. The van der Waals surface area contributed by atoms with Crippen molar-refractivity contribution >= 4 is 9.84 Å². The van der Waals surface area contributed by atoms with Crippen LogP contribution < -0.4 is 0 Å². The Morgan fingerprint density at radius 1 is 1.05 bits per heavy atom.